The van der Waals surface area contributed by atoms with Gasteiger partial charge in [-0.15, -0.1) is 24.8 Å². The first-order valence-electron chi connectivity index (χ1n) is 6.54. The van der Waals surface area contributed by atoms with Crippen molar-refractivity contribution in [3.05, 3.63) is 41.4 Å². The molecule has 8 heteroatoms. The monoisotopic (exact) mass is 367 g/mol. The van der Waals surface area contributed by atoms with Crippen molar-refractivity contribution in [2.45, 2.75) is 18.6 Å². The van der Waals surface area contributed by atoms with E-state index in [2.05, 4.69) is 10.3 Å². The number of aliphatic hydroxyl groups is 1. The van der Waals surface area contributed by atoms with E-state index in [4.69, 9.17) is 11.6 Å². The second-order valence-electron chi connectivity index (χ2n) is 4.91. The lowest BCUT2D eigenvalue weighted by molar-refractivity contribution is 0.0880. The quantitative estimate of drug-likeness (QED) is 0.856. The van der Waals surface area contributed by atoms with Gasteiger partial charge in [0.1, 0.15) is 11.6 Å². The number of imidazole rings is 1. The lowest BCUT2D eigenvalue weighted by Gasteiger charge is -2.30. The average Bonchev–Trinajstić information content (AvgIpc) is 2.91. The molecule has 0 bridgehead atoms. The van der Waals surface area contributed by atoms with Gasteiger partial charge in [-0.3, -0.25) is 0 Å². The minimum Gasteiger partial charge on any atom is -0.390 e. The molecule has 2 aromatic rings. The summed E-state index contributed by atoms with van der Waals surface area (Å²) >= 11 is 5.94. The fourth-order valence-electron chi connectivity index (χ4n) is 2.61. The van der Waals surface area contributed by atoms with E-state index in [0.29, 0.717) is 23.0 Å². The number of piperidine rings is 1. The Morgan fingerprint density at radius 2 is 2.14 bits per heavy atom. The van der Waals surface area contributed by atoms with Gasteiger partial charge >= 0.3 is 0 Å². The average molecular weight is 369 g/mol. The van der Waals surface area contributed by atoms with Gasteiger partial charge in [-0.1, -0.05) is 11.6 Å². The van der Waals surface area contributed by atoms with Gasteiger partial charge in [0.05, 0.1) is 17.7 Å². The summed E-state index contributed by atoms with van der Waals surface area (Å²) < 4.78 is 15.8. The first-order chi connectivity index (χ1) is 9.66. The van der Waals surface area contributed by atoms with Gasteiger partial charge in [0.2, 0.25) is 0 Å². The molecule has 0 unspecified atom stereocenters. The van der Waals surface area contributed by atoms with Crippen molar-refractivity contribution in [3.8, 4) is 11.4 Å². The molecule has 1 saturated heterocycles. The highest BCUT2D eigenvalue weighted by molar-refractivity contribution is 6.30. The third-order valence-corrected chi connectivity index (χ3v) is 3.84. The number of hydrogen-bond acceptors (Lipinski definition) is 3. The van der Waals surface area contributed by atoms with Gasteiger partial charge in [-0.2, -0.15) is 0 Å². The first-order valence-corrected chi connectivity index (χ1v) is 6.91. The number of nitrogens with zero attached hydrogens (tertiary/aromatic N) is 2. The van der Waals surface area contributed by atoms with Crippen molar-refractivity contribution in [3.63, 3.8) is 0 Å². The van der Waals surface area contributed by atoms with E-state index in [1.54, 1.807) is 18.5 Å². The third-order valence-electron chi connectivity index (χ3n) is 3.61. The maximum atomic E-state index is 14.0. The number of β-amino-alcohol motifs (C(OH)–C–C–N with tert-alkyl or cyclic N) is 1. The Morgan fingerprint density at radius 3 is 2.86 bits per heavy atom. The molecule has 0 radical (unpaired) electrons. The van der Waals surface area contributed by atoms with Crippen molar-refractivity contribution in [2.75, 3.05) is 13.1 Å². The van der Waals surface area contributed by atoms with E-state index in [1.165, 1.54) is 12.1 Å². The molecule has 4 nitrogen and oxygen atoms in total. The molecule has 3 rings (SSSR count). The first kappa shape index (κ1) is 19.2. The van der Waals surface area contributed by atoms with Crippen LogP contribution in [0.3, 0.4) is 0 Å². The van der Waals surface area contributed by atoms with Crippen LogP contribution in [0.4, 0.5) is 4.39 Å². The number of rotatable bonds is 2. The van der Waals surface area contributed by atoms with Crippen LogP contribution in [0.15, 0.2) is 30.6 Å². The third kappa shape index (κ3) is 3.73. The van der Waals surface area contributed by atoms with Crippen molar-refractivity contribution in [2.24, 2.45) is 0 Å². The van der Waals surface area contributed by atoms with Crippen LogP contribution in [0.2, 0.25) is 5.02 Å². The van der Waals surface area contributed by atoms with Crippen molar-refractivity contribution in [1.29, 1.82) is 0 Å². The van der Waals surface area contributed by atoms with Gasteiger partial charge in [0.25, 0.3) is 0 Å². The summed E-state index contributed by atoms with van der Waals surface area (Å²) in [6.07, 6.45) is 3.64. The second kappa shape index (κ2) is 8.13. The summed E-state index contributed by atoms with van der Waals surface area (Å²) in [7, 11) is 0. The maximum Gasteiger partial charge on any atom is 0.143 e. The van der Waals surface area contributed by atoms with E-state index in [9.17, 15) is 9.50 Å². The summed E-state index contributed by atoms with van der Waals surface area (Å²) in [6, 6.07) is 4.29. The van der Waals surface area contributed by atoms with Gasteiger partial charge in [-0.05, 0) is 31.2 Å². The highest BCUT2D eigenvalue weighted by Gasteiger charge is 2.27. The maximum absolute atomic E-state index is 14.0. The van der Waals surface area contributed by atoms with Crippen molar-refractivity contribution < 1.29 is 9.50 Å². The lowest BCUT2D eigenvalue weighted by Crippen LogP contribution is -2.41. The van der Waals surface area contributed by atoms with Gasteiger partial charge in [0, 0.05) is 24.0 Å². The Kier molecular flexibility index (Phi) is 7.09. The van der Waals surface area contributed by atoms with E-state index in [0.717, 1.165) is 13.0 Å². The SMILES string of the molecule is Cl.Cl.O[C@H]1CNCC[C@@H]1n1ccnc1-c1cc(Cl)ccc1F. The molecular weight excluding hydrogens is 352 g/mol. The van der Waals surface area contributed by atoms with Gasteiger partial charge in [-0.25, -0.2) is 9.37 Å². The van der Waals surface area contributed by atoms with Crippen LogP contribution in [0.5, 0.6) is 0 Å². The molecule has 1 aromatic carbocycles. The minimum atomic E-state index is -0.515. The number of hydrogen-bond donors (Lipinski definition) is 2. The van der Waals surface area contributed by atoms with Crippen LogP contribution < -0.4 is 5.32 Å². The molecule has 2 heterocycles. The van der Waals surface area contributed by atoms with Crippen LogP contribution in [0.1, 0.15) is 12.5 Å². The summed E-state index contributed by atoms with van der Waals surface area (Å²) in [5.41, 5.74) is 0.355. The minimum absolute atomic E-state index is 0. The zero-order chi connectivity index (χ0) is 14.1. The Balaban J connectivity index is 0.00000121. The Bertz CT molecular complexity index is 623. The largest absolute Gasteiger partial charge is 0.390 e. The van der Waals surface area contributed by atoms with Crippen molar-refractivity contribution in [1.82, 2.24) is 14.9 Å². The summed E-state index contributed by atoms with van der Waals surface area (Å²) in [5, 5.41) is 13.7. The van der Waals surface area contributed by atoms with E-state index in [1.807, 2.05) is 4.57 Å². The van der Waals surface area contributed by atoms with Crippen LogP contribution in [0.25, 0.3) is 11.4 Å². The number of aromatic nitrogens is 2. The molecule has 0 aliphatic carbocycles. The Hall–Kier alpha value is -0.850. The molecular formula is C14H17Cl3FN3O. The zero-order valence-corrected chi connectivity index (χ0v) is 14.0. The summed E-state index contributed by atoms with van der Waals surface area (Å²) in [4.78, 5) is 4.23. The smallest absolute Gasteiger partial charge is 0.143 e. The molecule has 2 atom stereocenters. The lowest BCUT2D eigenvalue weighted by atomic mass is 10.0. The topological polar surface area (TPSA) is 50.1 Å². The molecule has 1 aromatic heterocycles. The molecule has 0 saturated carbocycles. The Labute approximate surface area is 145 Å². The van der Waals surface area contributed by atoms with E-state index in [-0.39, 0.29) is 36.7 Å². The van der Waals surface area contributed by atoms with E-state index >= 15 is 0 Å². The second-order valence-corrected chi connectivity index (χ2v) is 5.35. The van der Waals surface area contributed by atoms with Gasteiger partial charge < -0.3 is 15.0 Å². The van der Waals surface area contributed by atoms with E-state index < -0.39 is 6.10 Å². The number of halogens is 4. The molecule has 2 N–H and O–H groups in total. The van der Waals surface area contributed by atoms with Crippen LogP contribution in [0, 0.1) is 5.82 Å². The highest BCUT2D eigenvalue weighted by atomic mass is 35.5. The summed E-state index contributed by atoms with van der Waals surface area (Å²) in [5.74, 6) is 0.126. The molecule has 0 amide bonds. The predicted molar refractivity (Wildman–Crippen MR) is 89.7 cm³/mol. The van der Waals surface area contributed by atoms with Gasteiger partial charge in [0.15, 0.2) is 0 Å². The molecule has 1 aliphatic heterocycles. The van der Waals surface area contributed by atoms with Crippen LogP contribution in [-0.2, 0) is 0 Å². The number of nitrogens with one attached hydrogen (secondary N) is 1. The van der Waals surface area contributed by atoms with Crippen LogP contribution >= 0.6 is 36.4 Å². The number of benzene rings is 1. The Morgan fingerprint density at radius 1 is 1.36 bits per heavy atom. The van der Waals surface area contributed by atoms with Crippen LogP contribution in [-0.4, -0.2) is 33.9 Å². The standard InChI is InChI=1S/C14H15ClFN3O.2ClH/c15-9-1-2-11(16)10(7-9)14-18-5-6-19(14)12-3-4-17-8-13(12)20;;/h1-2,5-7,12-13,17,20H,3-4,8H2;2*1H/t12-,13-;;/m0../s1. The molecule has 122 valence electrons. The molecule has 0 spiro atoms. The predicted octanol–water partition coefficient (Wildman–Crippen LogP) is 3.08. The zero-order valence-electron chi connectivity index (χ0n) is 11.6. The van der Waals surface area contributed by atoms with Crippen molar-refractivity contribution >= 4 is 36.4 Å². The number of aliphatic hydroxyl groups excluding tert-OH is 1. The normalized spacial score (nSPS) is 20.9. The fraction of sp³-hybridized carbons (Fsp3) is 0.357. The molecule has 1 fully saturated rings. The fourth-order valence-corrected chi connectivity index (χ4v) is 2.78. The highest BCUT2D eigenvalue weighted by Crippen LogP contribution is 2.29. The summed E-state index contributed by atoms with van der Waals surface area (Å²) in [6.45, 7) is 1.34. The molecule has 22 heavy (non-hydrogen) atoms. The molecule has 1 aliphatic rings.